The normalized spacial score (nSPS) is 18.1. The fourth-order valence-corrected chi connectivity index (χ4v) is 2.06. The van der Waals surface area contributed by atoms with Crippen LogP contribution in [0.1, 0.15) is 26.2 Å². The zero-order valence-electron chi connectivity index (χ0n) is 11.0. The summed E-state index contributed by atoms with van der Waals surface area (Å²) in [5.74, 6) is -0.0580. The molecule has 0 unspecified atom stereocenters. The second-order valence-corrected chi connectivity index (χ2v) is 4.62. The van der Waals surface area contributed by atoms with Crippen LogP contribution in [0.15, 0.2) is 24.3 Å². The minimum absolute atomic E-state index is 0.0172. The monoisotopic (exact) mass is 261 g/mol. The van der Waals surface area contributed by atoms with E-state index in [1.54, 1.807) is 19.1 Å². The predicted molar refractivity (Wildman–Crippen MR) is 75.0 cm³/mol. The lowest BCUT2D eigenvalue weighted by Gasteiger charge is -2.12. The lowest BCUT2D eigenvalue weighted by Crippen LogP contribution is -2.35. The average Bonchev–Trinajstić information content (AvgIpc) is 2.93. The van der Waals surface area contributed by atoms with E-state index in [9.17, 15) is 9.59 Å². The first kappa shape index (κ1) is 13.5. The predicted octanol–water partition coefficient (Wildman–Crippen LogP) is 1.73. The molecule has 0 spiro atoms. The topological polar surface area (TPSA) is 70.2 Å². The Morgan fingerprint density at radius 1 is 1.32 bits per heavy atom. The van der Waals surface area contributed by atoms with E-state index >= 15 is 0 Å². The molecule has 0 radical (unpaired) electrons. The maximum absolute atomic E-state index is 11.9. The summed E-state index contributed by atoms with van der Waals surface area (Å²) in [6, 6.07) is 7.09. The van der Waals surface area contributed by atoms with Crippen LogP contribution in [-0.2, 0) is 9.59 Å². The maximum Gasteiger partial charge on any atom is 0.241 e. The van der Waals surface area contributed by atoms with E-state index in [1.165, 1.54) is 0 Å². The molecule has 0 saturated carbocycles. The zero-order chi connectivity index (χ0) is 13.7. The third-order valence-electron chi connectivity index (χ3n) is 3.11. The summed E-state index contributed by atoms with van der Waals surface area (Å²) in [6.07, 6.45) is 2.34. The second kappa shape index (κ2) is 6.33. The minimum Gasteiger partial charge on any atom is -0.326 e. The Hall–Kier alpha value is -1.88. The molecule has 19 heavy (non-hydrogen) atoms. The zero-order valence-corrected chi connectivity index (χ0v) is 11.0. The molecule has 1 aliphatic rings. The number of rotatable bonds is 4. The number of nitrogens with one attached hydrogen (secondary N) is 3. The fraction of sp³-hybridized carbons (Fsp3) is 0.429. The van der Waals surface area contributed by atoms with Gasteiger partial charge in [-0.2, -0.15) is 0 Å². The van der Waals surface area contributed by atoms with Gasteiger partial charge in [0.15, 0.2) is 0 Å². The largest absolute Gasteiger partial charge is 0.326 e. The van der Waals surface area contributed by atoms with Gasteiger partial charge in [0.1, 0.15) is 0 Å². The van der Waals surface area contributed by atoms with Gasteiger partial charge in [0.25, 0.3) is 0 Å². The molecule has 0 aromatic heterocycles. The summed E-state index contributed by atoms with van der Waals surface area (Å²) in [6.45, 7) is 2.69. The van der Waals surface area contributed by atoms with Crippen molar-refractivity contribution in [2.24, 2.45) is 0 Å². The number of hydrogen-bond donors (Lipinski definition) is 3. The minimum atomic E-state index is -0.103. The standard InChI is InChI=1S/C14H19N3O2/c1-2-13(18)16-10-5-3-6-11(9-10)17-14(19)12-7-4-8-15-12/h3,5-6,9,12,15H,2,4,7-8H2,1H3,(H,16,18)(H,17,19)/t12-/m1/s1. The molecule has 5 nitrogen and oxygen atoms in total. The Balaban J connectivity index is 1.98. The quantitative estimate of drug-likeness (QED) is 0.773. The molecule has 1 saturated heterocycles. The molecule has 1 aromatic carbocycles. The van der Waals surface area contributed by atoms with Gasteiger partial charge in [-0.25, -0.2) is 0 Å². The van der Waals surface area contributed by atoms with Crippen LogP contribution >= 0.6 is 0 Å². The summed E-state index contributed by atoms with van der Waals surface area (Å²) in [5.41, 5.74) is 1.40. The van der Waals surface area contributed by atoms with Crippen LogP contribution < -0.4 is 16.0 Å². The molecule has 102 valence electrons. The van der Waals surface area contributed by atoms with Crippen LogP contribution in [0, 0.1) is 0 Å². The van der Waals surface area contributed by atoms with Crippen LogP contribution in [0.5, 0.6) is 0 Å². The van der Waals surface area contributed by atoms with Crippen LogP contribution in [0.4, 0.5) is 11.4 Å². The summed E-state index contributed by atoms with van der Waals surface area (Å²) in [5, 5.41) is 8.78. The molecule has 0 aliphatic carbocycles. The molecule has 3 N–H and O–H groups in total. The summed E-state index contributed by atoms with van der Waals surface area (Å²) in [7, 11) is 0. The molecule has 1 aliphatic heterocycles. The highest BCUT2D eigenvalue weighted by Gasteiger charge is 2.21. The van der Waals surface area contributed by atoms with Gasteiger partial charge < -0.3 is 16.0 Å². The van der Waals surface area contributed by atoms with E-state index in [2.05, 4.69) is 16.0 Å². The first-order valence-electron chi connectivity index (χ1n) is 6.63. The van der Waals surface area contributed by atoms with Crippen molar-refractivity contribution in [3.63, 3.8) is 0 Å². The van der Waals surface area contributed by atoms with Gasteiger partial charge in [-0.1, -0.05) is 13.0 Å². The summed E-state index contributed by atoms with van der Waals surface area (Å²) in [4.78, 5) is 23.3. The Kier molecular flexibility index (Phi) is 4.52. The Labute approximate surface area is 112 Å². The van der Waals surface area contributed by atoms with Crippen molar-refractivity contribution < 1.29 is 9.59 Å². The number of amides is 2. The molecule has 1 fully saturated rings. The van der Waals surface area contributed by atoms with E-state index < -0.39 is 0 Å². The maximum atomic E-state index is 11.9. The number of carbonyl (C=O) groups excluding carboxylic acids is 2. The van der Waals surface area contributed by atoms with Crippen LogP contribution in [0.3, 0.4) is 0 Å². The Morgan fingerprint density at radius 3 is 2.68 bits per heavy atom. The van der Waals surface area contributed by atoms with Crippen molar-refractivity contribution in [3.05, 3.63) is 24.3 Å². The molecular formula is C14H19N3O2. The van der Waals surface area contributed by atoms with Crippen molar-refractivity contribution in [2.75, 3.05) is 17.2 Å². The fourth-order valence-electron chi connectivity index (χ4n) is 2.06. The smallest absolute Gasteiger partial charge is 0.241 e. The highest BCUT2D eigenvalue weighted by atomic mass is 16.2. The lowest BCUT2D eigenvalue weighted by molar-refractivity contribution is -0.118. The van der Waals surface area contributed by atoms with Crippen LogP contribution in [0.2, 0.25) is 0 Å². The molecule has 2 rings (SSSR count). The Morgan fingerprint density at radius 2 is 2.05 bits per heavy atom. The molecule has 5 heteroatoms. The molecular weight excluding hydrogens is 242 g/mol. The van der Waals surface area contributed by atoms with Gasteiger partial charge in [-0.05, 0) is 37.6 Å². The Bertz CT molecular complexity index is 468. The van der Waals surface area contributed by atoms with Gasteiger partial charge in [0.05, 0.1) is 6.04 Å². The number of carbonyl (C=O) groups is 2. The van der Waals surface area contributed by atoms with E-state index in [4.69, 9.17) is 0 Å². The van der Waals surface area contributed by atoms with Crippen LogP contribution in [0.25, 0.3) is 0 Å². The number of benzene rings is 1. The van der Waals surface area contributed by atoms with E-state index in [0.717, 1.165) is 19.4 Å². The molecule has 1 atom stereocenters. The third kappa shape index (κ3) is 3.79. The van der Waals surface area contributed by atoms with E-state index in [0.29, 0.717) is 17.8 Å². The van der Waals surface area contributed by atoms with Crippen molar-refractivity contribution in [2.45, 2.75) is 32.2 Å². The van der Waals surface area contributed by atoms with Crippen molar-refractivity contribution >= 4 is 23.2 Å². The molecule has 0 bridgehead atoms. The SMILES string of the molecule is CCC(=O)Nc1cccc(NC(=O)[C@H]2CCCN2)c1. The average molecular weight is 261 g/mol. The van der Waals surface area contributed by atoms with Crippen LogP contribution in [-0.4, -0.2) is 24.4 Å². The highest BCUT2D eigenvalue weighted by molar-refractivity contribution is 5.96. The van der Waals surface area contributed by atoms with Crippen molar-refractivity contribution in [3.8, 4) is 0 Å². The van der Waals surface area contributed by atoms with E-state index in [-0.39, 0.29) is 17.9 Å². The van der Waals surface area contributed by atoms with Gasteiger partial charge in [0.2, 0.25) is 11.8 Å². The second-order valence-electron chi connectivity index (χ2n) is 4.62. The number of anilines is 2. The molecule has 1 heterocycles. The first-order valence-corrected chi connectivity index (χ1v) is 6.63. The van der Waals surface area contributed by atoms with Crippen molar-refractivity contribution in [1.82, 2.24) is 5.32 Å². The molecule has 2 amide bonds. The van der Waals surface area contributed by atoms with Gasteiger partial charge in [-0.3, -0.25) is 9.59 Å². The number of hydrogen-bond acceptors (Lipinski definition) is 3. The first-order chi connectivity index (χ1) is 9.19. The summed E-state index contributed by atoms with van der Waals surface area (Å²) >= 11 is 0. The lowest BCUT2D eigenvalue weighted by atomic mass is 10.2. The van der Waals surface area contributed by atoms with Gasteiger partial charge >= 0.3 is 0 Å². The van der Waals surface area contributed by atoms with Crippen molar-refractivity contribution in [1.29, 1.82) is 0 Å². The van der Waals surface area contributed by atoms with Gasteiger partial charge in [0, 0.05) is 17.8 Å². The summed E-state index contributed by atoms with van der Waals surface area (Å²) < 4.78 is 0. The van der Waals surface area contributed by atoms with E-state index in [1.807, 2.05) is 12.1 Å². The third-order valence-corrected chi connectivity index (χ3v) is 3.11. The molecule has 1 aromatic rings. The van der Waals surface area contributed by atoms with Gasteiger partial charge in [-0.15, -0.1) is 0 Å². The highest BCUT2D eigenvalue weighted by Crippen LogP contribution is 2.16.